The van der Waals surface area contributed by atoms with Crippen molar-refractivity contribution in [2.75, 3.05) is 18.5 Å². The molecule has 0 unspecified atom stereocenters. The first-order chi connectivity index (χ1) is 7.75. The summed E-state index contributed by atoms with van der Waals surface area (Å²) in [6.45, 7) is 1.70. The van der Waals surface area contributed by atoms with Crippen LogP contribution in [0.1, 0.15) is 18.4 Å². The molecule has 1 aliphatic rings. The van der Waals surface area contributed by atoms with Crippen molar-refractivity contribution in [3.63, 3.8) is 0 Å². The van der Waals surface area contributed by atoms with Gasteiger partial charge in [0.05, 0.1) is 0 Å². The van der Waals surface area contributed by atoms with Gasteiger partial charge in [-0.3, -0.25) is 0 Å². The van der Waals surface area contributed by atoms with E-state index in [1.807, 2.05) is 24.3 Å². The van der Waals surface area contributed by atoms with Crippen molar-refractivity contribution in [3.8, 4) is 0 Å². The van der Waals surface area contributed by atoms with Crippen LogP contribution in [0.2, 0.25) is 0 Å². The van der Waals surface area contributed by atoms with Gasteiger partial charge in [-0.1, -0.05) is 12.2 Å². The van der Waals surface area contributed by atoms with Crippen LogP contribution in [0.25, 0.3) is 0 Å². The zero-order valence-electron chi connectivity index (χ0n) is 9.11. The van der Waals surface area contributed by atoms with Gasteiger partial charge in [-0.25, -0.2) is 0 Å². The molecule has 1 fully saturated rings. The summed E-state index contributed by atoms with van der Waals surface area (Å²) in [5.41, 5.74) is 7.57. The van der Waals surface area contributed by atoms with Gasteiger partial charge < -0.3 is 15.8 Å². The number of thiocarbonyl (C=S) groups is 1. The Morgan fingerprint density at radius 3 is 2.44 bits per heavy atom. The number of rotatable bonds is 3. The first kappa shape index (κ1) is 11.4. The molecule has 0 amide bonds. The molecule has 1 saturated heterocycles. The van der Waals surface area contributed by atoms with Gasteiger partial charge in [0, 0.05) is 30.5 Å². The monoisotopic (exact) mass is 236 g/mol. The fourth-order valence-corrected chi connectivity index (χ4v) is 1.94. The molecule has 0 spiro atoms. The summed E-state index contributed by atoms with van der Waals surface area (Å²) in [5, 5.41) is 3.48. The van der Waals surface area contributed by atoms with Gasteiger partial charge in [-0.05, 0) is 37.1 Å². The molecule has 16 heavy (non-hydrogen) atoms. The molecule has 1 aromatic carbocycles. The van der Waals surface area contributed by atoms with Crippen molar-refractivity contribution in [2.24, 2.45) is 5.73 Å². The van der Waals surface area contributed by atoms with Crippen molar-refractivity contribution in [1.82, 2.24) is 0 Å². The molecule has 86 valence electrons. The molecule has 0 bridgehead atoms. The second kappa shape index (κ2) is 5.27. The van der Waals surface area contributed by atoms with Crippen LogP contribution in [0.3, 0.4) is 0 Å². The minimum absolute atomic E-state index is 0.442. The fourth-order valence-electron chi connectivity index (χ4n) is 1.81. The maximum atomic E-state index is 5.54. The van der Waals surface area contributed by atoms with E-state index in [0.29, 0.717) is 11.0 Å². The predicted octanol–water partition coefficient (Wildman–Crippen LogP) is 1.91. The topological polar surface area (TPSA) is 47.3 Å². The van der Waals surface area contributed by atoms with Gasteiger partial charge in [0.15, 0.2) is 0 Å². The number of anilines is 1. The Morgan fingerprint density at radius 1 is 1.25 bits per heavy atom. The Balaban J connectivity index is 1.96. The molecule has 4 heteroatoms. The van der Waals surface area contributed by atoms with Gasteiger partial charge in [0.1, 0.15) is 4.99 Å². The summed E-state index contributed by atoms with van der Waals surface area (Å²) in [5.74, 6) is 0. The van der Waals surface area contributed by atoms with E-state index in [2.05, 4.69) is 5.32 Å². The second-order valence-corrected chi connectivity index (χ2v) is 4.41. The summed E-state index contributed by atoms with van der Waals surface area (Å²) in [7, 11) is 0. The Morgan fingerprint density at radius 2 is 1.88 bits per heavy atom. The summed E-state index contributed by atoms with van der Waals surface area (Å²) in [6.07, 6.45) is 2.13. The van der Waals surface area contributed by atoms with Crippen LogP contribution in [0.5, 0.6) is 0 Å². The lowest BCUT2D eigenvalue weighted by atomic mass is 10.1. The van der Waals surface area contributed by atoms with E-state index >= 15 is 0 Å². The van der Waals surface area contributed by atoms with Gasteiger partial charge in [0.2, 0.25) is 0 Å². The summed E-state index contributed by atoms with van der Waals surface area (Å²) in [4.78, 5) is 0.442. The van der Waals surface area contributed by atoms with E-state index in [4.69, 9.17) is 22.7 Å². The zero-order chi connectivity index (χ0) is 11.4. The van der Waals surface area contributed by atoms with E-state index in [1.54, 1.807) is 0 Å². The third kappa shape index (κ3) is 2.93. The number of nitrogens with two attached hydrogens (primary N) is 1. The summed E-state index contributed by atoms with van der Waals surface area (Å²) in [6, 6.07) is 8.45. The second-order valence-electron chi connectivity index (χ2n) is 3.97. The van der Waals surface area contributed by atoms with Crippen molar-refractivity contribution >= 4 is 22.9 Å². The van der Waals surface area contributed by atoms with Crippen LogP contribution in [0, 0.1) is 0 Å². The normalized spacial score (nSPS) is 17.0. The van der Waals surface area contributed by atoms with E-state index in [-0.39, 0.29) is 0 Å². The highest BCUT2D eigenvalue weighted by Gasteiger charge is 2.12. The van der Waals surface area contributed by atoms with Gasteiger partial charge in [-0.15, -0.1) is 0 Å². The smallest absolute Gasteiger partial charge is 0.103 e. The van der Waals surface area contributed by atoms with Crippen LogP contribution >= 0.6 is 12.2 Å². The molecule has 0 atom stereocenters. The zero-order valence-corrected chi connectivity index (χ0v) is 9.93. The summed E-state index contributed by atoms with van der Waals surface area (Å²) < 4.78 is 5.31. The third-order valence-corrected chi connectivity index (χ3v) is 3.00. The van der Waals surface area contributed by atoms with E-state index in [9.17, 15) is 0 Å². The van der Waals surface area contributed by atoms with Gasteiger partial charge in [-0.2, -0.15) is 0 Å². The molecular formula is C12H16N2OS. The maximum absolute atomic E-state index is 5.54. The molecule has 0 aromatic heterocycles. The number of hydrogen-bond donors (Lipinski definition) is 2. The largest absolute Gasteiger partial charge is 0.389 e. The van der Waals surface area contributed by atoms with Gasteiger partial charge in [0.25, 0.3) is 0 Å². The molecule has 1 aromatic rings. The lowest BCUT2D eigenvalue weighted by Gasteiger charge is -2.24. The molecule has 0 radical (unpaired) electrons. The third-order valence-electron chi connectivity index (χ3n) is 2.76. The molecule has 0 saturated carbocycles. The molecule has 3 N–H and O–H groups in total. The Labute approximate surface area is 101 Å². The Kier molecular flexibility index (Phi) is 3.74. The molecule has 0 aliphatic carbocycles. The average Bonchev–Trinajstić information content (AvgIpc) is 2.31. The Hall–Kier alpha value is -1.13. The molecule has 3 nitrogen and oxygen atoms in total. The maximum Gasteiger partial charge on any atom is 0.103 e. The SMILES string of the molecule is NC(=S)c1ccc(NC2CCOCC2)cc1. The van der Waals surface area contributed by atoms with Gasteiger partial charge >= 0.3 is 0 Å². The van der Waals surface area contributed by atoms with E-state index < -0.39 is 0 Å². The predicted molar refractivity (Wildman–Crippen MR) is 69.8 cm³/mol. The van der Waals surface area contributed by atoms with Crippen molar-refractivity contribution < 1.29 is 4.74 Å². The lowest BCUT2D eigenvalue weighted by Crippen LogP contribution is -2.27. The first-order valence-electron chi connectivity index (χ1n) is 5.50. The van der Waals surface area contributed by atoms with Crippen LogP contribution in [0.4, 0.5) is 5.69 Å². The molecular weight excluding hydrogens is 220 g/mol. The van der Waals surface area contributed by atoms with Crippen molar-refractivity contribution in [3.05, 3.63) is 29.8 Å². The fraction of sp³-hybridized carbons (Fsp3) is 0.417. The number of hydrogen-bond acceptors (Lipinski definition) is 3. The number of nitrogens with one attached hydrogen (secondary N) is 1. The highest BCUT2D eigenvalue weighted by atomic mass is 32.1. The van der Waals surface area contributed by atoms with E-state index in [0.717, 1.165) is 37.3 Å². The molecule has 1 heterocycles. The first-order valence-corrected chi connectivity index (χ1v) is 5.90. The van der Waals surface area contributed by atoms with Crippen LogP contribution in [-0.4, -0.2) is 24.2 Å². The molecule has 2 rings (SSSR count). The Bertz CT molecular complexity index is 358. The van der Waals surface area contributed by atoms with Crippen LogP contribution in [0.15, 0.2) is 24.3 Å². The number of benzene rings is 1. The average molecular weight is 236 g/mol. The minimum Gasteiger partial charge on any atom is -0.389 e. The minimum atomic E-state index is 0.442. The van der Waals surface area contributed by atoms with E-state index in [1.165, 1.54) is 0 Å². The van der Waals surface area contributed by atoms with Crippen molar-refractivity contribution in [2.45, 2.75) is 18.9 Å². The number of ether oxygens (including phenoxy) is 1. The highest BCUT2D eigenvalue weighted by molar-refractivity contribution is 7.80. The lowest BCUT2D eigenvalue weighted by molar-refractivity contribution is 0.0904. The quantitative estimate of drug-likeness (QED) is 0.787. The van der Waals surface area contributed by atoms with Crippen LogP contribution in [-0.2, 0) is 4.74 Å². The van der Waals surface area contributed by atoms with Crippen LogP contribution < -0.4 is 11.1 Å². The highest BCUT2D eigenvalue weighted by Crippen LogP contribution is 2.15. The molecule has 1 aliphatic heterocycles. The summed E-state index contributed by atoms with van der Waals surface area (Å²) >= 11 is 4.91. The van der Waals surface area contributed by atoms with Crippen molar-refractivity contribution in [1.29, 1.82) is 0 Å². The standard InChI is InChI=1S/C12H16N2OS/c13-12(16)9-1-3-10(4-2-9)14-11-5-7-15-8-6-11/h1-4,11,14H,5-8H2,(H2,13,16).